The van der Waals surface area contributed by atoms with E-state index < -0.39 is 0 Å². The molecule has 3 fully saturated rings. The lowest BCUT2D eigenvalue weighted by atomic mass is 9.92. The molecule has 1 aromatic carbocycles. The van der Waals surface area contributed by atoms with Crippen LogP contribution in [-0.4, -0.2) is 74.9 Å². The van der Waals surface area contributed by atoms with Crippen LogP contribution in [0.15, 0.2) is 24.3 Å². The van der Waals surface area contributed by atoms with Crippen LogP contribution in [0.2, 0.25) is 0 Å². The van der Waals surface area contributed by atoms with Gasteiger partial charge in [0, 0.05) is 57.8 Å². The van der Waals surface area contributed by atoms with E-state index in [1.54, 1.807) is 7.11 Å². The number of rotatable bonds is 7. The fraction of sp³-hybridized carbons (Fsp3) is 0.727. The van der Waals surface area contributed by atoms with Gasteiger partial charge >= 0.3 is 0 Å². The zero-order chi connectivity index (χ0) is 18.5. The predicted molar refractivity (Wildman–Crippen MR) is 123 cm³/mol. The molecule has 0 radical (unpaired) electrons. The molecule has 29 heavy (non-hydrogen) atoms. The number of nitrogens with zero attached hydrogens (tertiary/aromatic N) is 2. The summed E-state index contributed by atoms with van der Waals surface area (Å²) in [6.45, 7) is 8.53. The molecule has 0 amide bonds. The van der Waals surface area contributed by atoms with Gasteiger partial charge in [0.25, 0.3) is 0 Å². The molecule has 5 nitrogen and oxygen atoms in total. The first-order valence-corrected chi connectivity index (χ1v) is 10.7. The fourth-order valence-electron chi connectivity index (χ4n) is 4.98. The van der Waals surface area contributed by atoms with Gasteiger partial charge in [-0.05, 0) is 49.9 Å². The molecule has 4 rings (SSSR count). The van der Waals surface area contributed by atoms with Gasteiger partial charge < -0.3 is 14.8 Å². The standard InChI is InChI=1S/C22H35N3O2.2ClH/c1-26-17-21-5-3-10-24(21)14-18-4-2-6-22(12-18)27-16-19-7-8-20-13-23-9-11-25(20)15-19;;/h2,4,6,12,19-21,23H,3,5,7-11,13-17H2,1H3;2*1H. The van der Waals surface area contributed by atoms with E-state index >= 15 is 0 Å². The normalized spacial score (nSPS) is 27.6. The number of hydrogen-bond acceptors (Lipinski definition) is 5. The van der Waals surface area contributed by atoms with Crippen molar-refractivity contribution in [1.29, 1.82) is 0 Å². The molecule has 166 valence electrons. The summed E-state index contributed by atoms with van der Waals surface area (Å²) in [7, 11) is 1.80. The molecular weight excluding hydrogens is 409 g/mol. The van der Waals surface area contributed by atoms with Gasteiger partial charge in [-0.1, -0.05) is 12.1 Å². The van der Waals surface area contributed by atoms with Gasteiger partial charge in [-0.15, -0.1) is 24.8 Å². The monoisotopic (exact) mass is 445 g/mol. The van der Waals surface area contributed by atoms with E-state index in [9.17, 15) is 0 Å². The molecule has 3 unspecified atom stereocenters. The van der Waals surface area contributed by atoms with Crippen LogP contribution in [0.3, 0.4) is 0 Å². The van der Waals surface area contributed by atoms with E-state index in [0.717, 1.165) is 44.6 Å². The van der Waals surface area contributed by atoms with Gasteiger partial charge in [0.1, 0.15) is 5.75 Å². The molecule has 0 aromatic heterocycles. The van der Waals surface area contributed by atoms with E-state index in [0.29, 0.717) is 12.0 Å². The van der Waals surface area contributed by atoms with Crippen molar-refractivity contribution in [3.63, 3.8) is 0 Å². The maximum atomic E-state index is 6.22. The van der Waals surface area contributed by atoms with Crippen molar-refractivity contribution in [2.24, 2.45) is 5.92 Å². The molecule has 0 spiro atoms. The Labute approximate surface area is 188 Å². The third-order valence-corrected chi connectivity index (χ3v) is 6.50. The van der Waals surface area contributed by atoms with E-state index in [1.165, 1.54) is 50.9 Å². The van der Waals surface area contributed by atoms with Crippen molar-refractivity contribution in [3.8, 4) is 5.75 Å². The first-order chi connectivity index (χ1) is 13.3. The molecule has 0 aliphatic carbocycles. The SMILES string of the molecule is COCC1CCCN1Cc1cccc(OCC2CCC3CNCCN3C2)c1.Cl.Cl. The van der Waals surface area contributed by atoms with Crippen molar-refractivity contribution >= 4 is 24.8 Å². The largest absolute Gasteiger partial charge is 0.493 e. The summed E-state index contributed by atoms with van der Waals surface area (Å²) in [6, 6.07) is 10.0. The van der Waals surface area contributed by atoms with Crippen LogP contribution in [0.1, 0.15) is 31.2 Å². The molecular formula is C22H37Cl2N3O2. The Kier molecular flexibility index (Phi) is 10.5. The Balaban J connectivity index is 0.00000150. The van der Waals surface area contributed by atoms with Crippen molar-refractivity contribution in [1.82, 2.24) is 15.1 Å². The zero-order valence-corrected chi connectivity index (χ0v) is 19.2. The highest BCUT2D eigenvalue weighted by Crippen LogP contribution is 2.25. The van der Waals surface area contributed by atoms with Crippen LogP contribution in [0.4, 0.5) is 0 Å². The third-order valence-electron chi connectivity index (χ3n) is 6.50. The summed E-state index contributed by atoms with van der Waals surface area (Å²) in [5, 5.41) is 3.52. The zero-order valence-electron chi connectivity index (χ0n) is 17.6. The first-order valence-electron chi connectivity index (χ1n) is 10.7. The van der Waals surface area contributed by atoms with Crippen molar-refractivity contribution in [2.45, 2.75) is 44.3 Å². The fourth-order valence-corrected chi connectivity index (χ4v) is 4.98. The van der Waals surface area contributed by atoms with E-state index in [1.807, 2.05) is 0 Å². The molecule has 3 atom stereocenters. The molecule has 3 heterocycles. The number of ether oxygens (including phenoxy) is 2. The molecule has 1 N–H and O–H groups in total. The van der Waals surface area contributed by atoms with E-state index in [4.69, 9.17) is 9.47 Å². The molecule has 3 aliphatic heterocycles. The average Bonchev–Trinajstić information content (AvgIpc) is 3.13. The highest BCUT2D eigenvalue weighted by atomic mass is 35.5. The van der Waals surface area contributed by atoms with Crippen LogP contribution in [0.25, 0.3) is 0 Å². The Morgan fingerprint density at radius 2 is 2.00 bits per heavy atom. The quantitative estimate of drug-likeness (QED) is 0.696. The predicted octanol–water partition coefficient (Wildman–Crippen LogP) is 3.20. The van der Waals surface area contributed by atoms with Gasteiger partial charge in [0.2, 0.25) is 0 Å². The number of piperidine rings is 1. The number of piperazine rings is 1. The van der Waals surface area contributed by atoms with Gasteiger partial charge in [-0.25, -0.2) is 0 Å². The lowest BCUT2D eigenvalue weighted by Gasteiger charge is -2.42. The maximum Gasteiger partial charge on any atom is 0.119 e. The first kappa shape index (κ1) is 24.7. The number of nitrogens with one attached hydrogen (secondary N) is 1. The summed E-state index contributed by atoms with van der Waals surface area (Å²) in [6.07, 6.45) is 5.11. The van der Waals surface area contributed by atoms with Crippen LogP contribution in [-0.2, 0) is 11.3 Å². The molecule has 3 aliphatic rings. The van der Waals surface area contributed by atoms with E-state index in [-0.39, 0.29) is 24.8 Å². The van der Waals surface area contributed by atoms with Gasteiger partial charge in [0.15, 0.2) is 0 Å². The van der Waals surface area contributed by atoms with Crippen molar-refractivity contribution in [2.75, 3.05) is 53.0 Å². The molecule has 3 saturated heterocycles. The van der Waals surface area contributed by atoms with Gasteiger partial charge in [0.05, 0.1) is 13.2 Å². The second-order valence-electron chi connectivity index (χ2n) is 8.48. The van der Waals surface area contributed by atoms with Crippen LogP contribution in [0, 0.1) is 5.92 Å². The number of hydrogen-bond donors (Lipinski definition) is 1. The second kappa shape index (κ2) is 12.3. The lowest BCUT2D eigenvalue weighted by Crippen LogP contribution is -2.55. The highest BCUT2D eigenvalue weighted by Gasteiger charge is 2.30. The third kappa shape index (κ3) is 6.71. The minimum atomic E-state index is 0. The van der Waals surface area contributed by atoms with Crippen LogP contribution >= 0.6 is 24.8 Å². The second-order valence-corrected chi connectivity index (χ2v) is 8.48. The Hall–Kier alpha value is -0.560. The summed E-state index contributed by atoms with van der Waals surface area (Å²) >= 11 is 0. The van der Waals surface area contributed by atoms with Crippen LogP contribution in [0.5, 0.6) is 5.75 Å². The lowest BCUT2D eigenvalue weighted by molar-refractivity contribution is 0.0649. The molecule has 0 bridgehead atoms. The van der Waals surface area contributed by atoms with Crippen LogP contribution < -0.4 is 10.1 Å². The summed E-state index contributed by atoms with van der Waals surface area (Å²) < 4.78 is 11.6. The minimum absolute atomic E-state index is 0. The van der Waals surface area contributed by atoms with E-state index in [2.05, 4.69) is 39.4 Å². The Bertz CT molecular complexity index is 607. The highest BCUT2D eigenvalue weighted by molar-refractivity contribution is 5.85. The topological polar surface area (TPSA) is 37.0 Å². The number of fused-ring (bicyclic) bond motifs is 1. The minimum Gasteiger partial charge on any atom is -0.493 e. The smallest absolute Gasteiger partial charge is 0.119 e. The Morgan fingerprint density at radius 1 is 1.10 bits per heavy atom. The molecule has 7 heteroatoms. The molecule has 1 aromatic rings. The molecule has 0 saturated carbocycles. The summed E-state index contributed by atoms with van der Waals surface area (Å²) in [4.78, 5) is 5.21. The van der Waals surface area contributed by atoms with Gasteiger partial charge in [-0.3, -0.25) is 9.80 Å². The maximum absolute atomic E-state index is 6.22. The number of halogens is 2. The Morgan fingerprint density at radius 3 is 2.86 bits per heavy atom. The number of likely N-dealkylation sites (tertiary alicyclic amines) is 1. The van der Waals surface area contributed by atoms with Gasteiger partial charge in [-0.2, -0.15) is 0 Å². The number of methoxy groups -OCH3 is 1. The number of benzene rings is 1. The summed E-state index contributed by atoms with van der Waals surface area (Å²) in [5.74, 6) is 1.69. The van der Waals surface area contributed by atoms with Crippen molar-refractivity contribution in [3.05, 3.63) is 29.8 Å². The van der Waals surface area contributed by atoms with Crippen molar-refractivity contribution < 1.29 is 9.47 Å². The summed E-state index contributed by atoms with van der Waals surface area (Å²) in [5.41, 5.74) is 1.35. The average molecular weight is 446 g/mol.